The molecule has 2 rings (SSSR count). The van der Waals surface area contributed by atoms with Gasteiger partial charge in [0, 0.05) is 0 Å². The van der Waals surface area contributed by atoms with Crippen LogP contribution in [0.2, 0.25) is 0 Å². The first-order valence-electron chi connectivity index (χ1n) is 4.94. The predicted octanol–water partition coefficient (Wildman–Crippen LogP) is 1.52. The number of hydrogen-bond acceptors (Lipinski definition) is 4. The maximum Gasteiger partial charge on any atom is 0.355 e. The molecule has 2 aromatic heterocycles. The van der Waals surface area contributed by atoms with Gasteiger partial charge in [-0.05, 0) is 19.1 Å². The molecule has 0 aliphatic heterocycles. The Kier molecular flexibility index (Phi) is 2.76. The first-order chi connectivity index (χ1) is 7.77. The van der Waals surface area contributed by atoms with E-state index in [4.69, 9.17) is 9.47 Å². The zero-order chi connectivity index (χ0) is 11.5. The minimum absolute atomic E-state index is 0.348. The summed E-state index contributed by atoms with van der Waals surface area (Å²) in [5, 5.41) is 0. The van der Waals surface area contributed by atoms with Crippen molar-refractivity contribution in [1.29, 1.82) is 0 Å². The number of imidazole rings is 1. The Bertz CT molecular complexity index is 519. The lowest BCUT2D eigenvalue weighted by atomic mass is 10.3. The highest BCUT2D eigenvalue weighted by Crippen LogP contribution is 2.20. The number of carbonyl (C=O) groups excluding carboxylic acids is 1. The molecule has 0 unspecified atom stereocenters. The standard InChI is InChI=1S/C11H12N2O3/c1-3-16-11(14)8-4-5-10(15-2)9-6-12-7-13(8)9/h4-7H,3H2,1-2H3. The summed E-state index contributed by atoms with van der Waals surface area (Å²) in [6.45, 7) is 2.12. The van der Waals surface area contributed by atoms with Gasteiger partial charge in [-0.25, -0.2) is 9.78 Å². The highest BCUT2D eigenvalue weighted by Gasteiger charge is 2.13. The van der Waals surface area contributed by atoms with Crippen molar-refractivity contribution in [2.75, 3.05) is 13.7 Å². The number of rotatable bonds is 3. The minimum atomic E-state index is -0.367. The van der Waals surface area contributed by atoms with Gasteiger partial charge in [-0.2, -0.15) is 0 Å². The molecule has 2 heterocycles. The van der Waals surface area contributed by atoms with Gasteiger partial charge in [0.05, 0.1) is 26.2 Å². The SMILES string of the molecule is CCOC(=O)c1ccc(OC)c2cncn12. The number of pyridine rings is 1. The molecule has 0 spiro atoms. The Balaban J connectivity index is 2.55. The molecule has 0 aromatic carbocycles. The lowest BCUT2D eigenvalue weighted by molar-refractivity contribution is 0.0517. The van der Waals surface area contributed by atoms with Crippen molar-refractivity contribution >= 4 is 11.5 Å². The first kappa shape index (κ1) is 10.5. The van der Waals surface area contributed by atoms with E-state index in [0.717, 1.165) is 5.52 Å². The maximum absolute atomic E-state index is 11.6. The molecule has 2 aromatic rings. The van der Waals surface area contributed by atoms with Crippen LogP contribution in [-0.4, -0.2) is 29.1 Å². The fraction of sp³-hybridized carbons (Fsp3) is 0.273. The molecule has 0 atom stereocenters. The molecular weight excluding hydrogens is 208 g/mol. The fourth-order valence-electron chi connectivity index (χ4n) is 1.53. The Morgan fingerprint density at radius 1 is 1.50 bits per heavy atom. The van der Waals surface area contributed by atoms with Crippen LogP contribution in [0, 0.1) is 0 Å². The van der Waals surface area contributed by atoms with Crippen LogP contribution in [0.3, 0.4) is 0 Å². The highest BCUT2D eigenvalue weighted by atomic mass is 16.5. The molecule has 0 aliphatic rings. The van der Waals surface area contributed by atoms with Gasteiger partial charge in [0.25, 0.3) is 0 Å². The van der Waals surface area contributed by atoms with Gasteiger partial charge < -0.3 is 9.47 Å². The van der Waals surface area contributed by atoms with E-state index < -0.39 is 0 Å². The van der Waals surface area contributed by atoms with Gasteiger partial charge in [0.2, 0.25) is 0 Å². The third kappa shape index (κ3) is 1.60. The van der Waals surface area contributed by atoms with Crippen LogP contribution >= 0.6 is 0 Å². The quantitative estimate of drug-likeness (QED) is 0.736. The van der Waals surface area contributed by atoms with Crippen LogP contribution < -0.4 is 4.74 Å². The van der Waals surface area contributed by atoms with E-state index >= 15 is 0 Å². The van der Waals surface area contributed by atoms with Crippen molar-refractivity contribution in [3.05, 3.63) is 30.4 Å². The van der Waals surface area contributed by atoms with Gasteiger partial charge in [0.15, 0.2) is 0 Å². The summed E-state index contributed by atoms with van der Waals surface area (Å²) in [7, 11) is 1.58. The van der Waals surface area contributed by atoms with Crippen LogP contribution in [0.5, 0.6) is 5.75 Å². The molecule has 0 fully saturated rings. The second kappa shape index (κ2) is 4.22. The van der Waals surface area contributed by atoms with Crippen molar-refractivity contribution in [1.82, 2.24) is 9.38 Å². The van der Waals surface area contributed by atoms with E-state index in [9.17, 15) is 4.79 Å². The van der Waals surface area contributed by atoms with E-state index in [1.807, 2.05) is 0 Å². The lowest BCUT2D eigenvalue weighted by Crippen LogP contribution is -2.09. The summed E-state index contributed by atoms with van der Waals surface area (Å²) in [5.41, 5.74) is 1.18. The monoisotopic (exact) mass is 220 g/mol. The average Bonchev–Trinajstić information content (AvgIpc) is 2.76. The number of ether oxygens (including phenoxy) is 2. The maximum atomic E-state index is 11.6. The number of esters is 1. The van der Waals surface area contributed by atoms with E-state index in [-0.39, 0.29) is 5.97 Å². The number of methoxy groups -OCH3 is 1. The van der Waals surface area contributed by atoms with Crippen molar-refractivity contribution < 1.29 is 14.3 Å². The molecule has 84 valence electrons. The summed E-state index contributed by atoms with van der Waals surface area (Å²) < 4.78 is 11.8. The Morgan fingerprint density at radius 2 is 2.31 bits per heavy atom. The summed E-state index contributed by atoms with van der Waals surface area (Å²) >= 11 is 0. The third-order valence-corrected chi connectivity index (χ3v) is 2.25. The molecule has 0 radical (unpaired) electrons. The molecule has 5 heteroatoms. The van der Waals surface area contributed by atoms with E-state index in [0.29, 0.717) is 18.1 Å². The first-order valence-corrected chi connectivity index (χ1v) is 4.94. The van der Waals surface area contributed by atoms with Gasteiger partial charge in [0.1, 0.15) is 17.0 Å². The smallest absolute Gasteiger partial charge is 0.355 e. The highest BCUT2D eigenvalue weighted by molar-refractivity contribution is 5.89. The molecule has 0 amide bonds. The molecule has 0 aliphatic carbocycles. The van der Waals surface area contributed by atoms with Crippen LogP contribution in [-0.2, 0) is 4.74 Å². The number of fused-ring (bicyclic) bond motifs is 1. The molecular formula is C11H12N2O3. The number of nitrogens with zero attached hydrogens (tertiary/aromatic N) is 2. The topological polar surface area (TPSA) is 52.8 Å². The molecule has 0 saturated carbocycles. The Labute approximate surface area is 92.6 Å². The van der Waals surface area contributed by atoms with Crippen molar-refractivity contribution in [2.45, 2.75) is 6.92 Å². The second-order valence-corrected chi connectivity index (χ2v) is 3.16. The predicted molar refractivity (Wildman–Crippen MR) is 57.7 cm³/mol. The molecule has 0 bridgehead atoms. The zero-order valence-corrected chi connectivity index (χ0v) is 9.14. The Morgan fingerprint density at radius 3 is 3.00 bits per heavy atom. The van der Waals surface area contributed by atoms with E-state index in [1.54, 1.807) is 43.1 Å². The van der Waals surface area contributed by atoms with Crippen LogP contribution in [0.1, 0.15) is 17.4 Å². The second-order valence-electron chi connectivity index (χ2n) is 3.16. The minimum Gasteiger partial charge on any atom is -0.494 e. The largest absolute Gasteiger partial charge is 0.494 e. The zero-order valence-electron chi connectivity index (χ0n) is 9.14. The van der Waals surface area contributed by atoms with Gasteiger partial charge >= 0.3 is 5.97 Å². The molecule has 16 heavy (non-hydrogen) atoms. The van der Waals surface area contributed by atoms with Gasteiger partial charge in [-0.1, -0.05) is 0 Å². The van der Waals surface area contributed by atoms with Crippen LogP contribution in [0.4, 0.5) is 0 Å². The van der Waals surface area contributed by atoms with Crippen molar-refractivity contribution in [3.63, 3.8) is 0 Å². The van der Waals surface area contributed by atoms with Crippen molar-refractivity contribution in [2.24, 2.45) is 0 Å². The average molecular weight is 220 g/mol. The third-order valence-electron chi connectivity index (χ3n) is 2.25. The summed E-state index contributed by atoms with van der Waals surface area (Å²) in [6, 6.07) is 3.38. The summed E-state index contributed by atoms with van der Waals surface area (Å²) in [4.78, 5) is 15.6. The van der Waals surface area contributed by atoms with E-state index in [2.05, 4.69) is 4.98 Å². The Hall–Kier alpha value is -2.04. The number of aromatic nitrogens is 2. The summed E-state index contributed by atoms with van der Waals surface area (Å²) in [5.74, 6) is 0.304. The van der Waals surface area contributed by atoms with Crippen LogP contribution in [0.25, 0.3) is 5.52 Å². The van der Waals surface area contributed by atoms with Crippen molar-refractivity contribution in [3.8, 4) is 5.75 Å². The normalized spacial score (nSPS) is 10.4. The number of carbonyl (C=O) groups is 1. The van der Waals surface area contributed by atoms with Gasteiger partial charge in [-0.3, -0.25) is 4.40 Å². The summed E-state index contributed by atoms with van der Waals surface area (Å²) in [6.07, 6.45) is 3.20. The lowest BCUT2D eigenvalue weighted by Gasteiger charge is -2.07. The molecule has 0 N–H and O–H groups in total. The van der Waals surface area contributed by atoms with Gasteiger partial charge in [-0.15, -0.1) is 0 Å². The number of hydrogen-bond donors (Lipinski definition) is 0. The fourth-order valence-corrected chi connectivity index (χ4v) is 1.53. The van der Waals surface area contributed by atoms with E-state index in [1.165, 1.54) is 0 Å². The van der Waals surface area contributed by atoms with Crippen LogP contribution in [0.15, 0.2) is 24.7 Å². The molecule has 5 nitrogen and oxygen atoms in total. The molecule has 0 saturated heterocycles.